The van der Waals surface area contributed by atoms with Crippen LogP contribution in [0.2, 0.25) is 0 Å². The molecule has 0 aromatic carbocycles. The van der Waals surface area contributed by atoms with Gasteiger partial charge in [-0.1, -0.05) is 6.54 Å². The minimum atomic E-state index is -1.35. The van der Waals surface area contributed by atoms with Gasteiger partial charge in [0, 0.05) is 79.2 Å². The number of methoxy groups -OCH3 is 1. The smallest absolute Gasteiger partial charge is 0.319 e. The van der Waals surface area contributed by atoms with Crippen LogP contribution >= 0.6 is 0 Å². The summed E-state index contributed by atoms with van der Waals surface area (Å²) in [6, 6.07) is 0. The van der Waals surface area contributed by atoms with Gasteiger partial charge >= 0.3 is 5.97 Å². The Hall–Kier alpha value is -1.13. The van der Waals surface area contributed by atoms with E-state index >= 15 is 0 Å². The Morgan fingerprint density at radius 3 is 1.58 bits per heavy atom. The van der Waals surface area contributed by atoms with Crippen molar-refractivity contribution in [1.29, 1.82) is 0 Å². The van der Waals surface area contributed by atoms with Gasteiger partial charge < -0.3 is 40.4 Å². The van der Waals surface area contributed by atoms with E-state index in [0.717, 1.165) is 0 Å². The second-order valence-corrected chi connectivity index (χ2v) is 6.73. The molecule has 0 spiro atoms. The first-order valence-corrected chi connectivity index (χ1v) is 9.77. The van der Waals surface area contributed by atoms with Crippen LogP contribution in [0, 0.1) is 39.9 Å². The number of likely N-dealkylation sites (N-methyl/N-ethyl adjacent to an activating group) is 1. The van der Waals surface area contributed by atoms with Crippen LogP contribution in [-0.4, -0.2) is 131 Å². The minimum absolute atomic E-state index is 0. The Bertz CT molecular complexity index is 593. The van der Waals surface area contributed by atoms with Gasteiger partial charge in [0.1, 0.15) is 11.6 Å². The van der Waals surface area contributed by atoms with E-state index in [2.05, 4.69) is 10.1 Å². The number of hydrogen-bond donors (Lipinski definition) is 0. The molecule has 14 heteroatoms. The molecule has 0 fully saturated rings. The first-order valence-electron chi connectivity index (χ1n) is 9.77. The molecule has 0 radical (unpaired) electrons. The van der Waals surface area contributed by atoms with Gasteiger partial charge in [0.25, 0.3) is 0 Å². The van der Waals surface area contributed by atoms with Crippen LogP contribution in [0.5, 0.6) is 0 Å². The summed E-state index contributed by atoms with van der Waals surface area (Å²) in [6.07, 6.45) is 0. The number of ketones is 2. The maximum absolute atomic E-state index is 11.8. The topological polar surface area (TPSA) is 188 Å². The monoisotopic (exact) mass is 617 g/mol. The number of carbonyl (C=O) groups is 5. The van der Waals surface area contributed by atoms with E-state index in [1.165, 1.54) is 37.9 Å². The number of carboxylic acids is 2. The van der Waals surface area contributed by atoms with Gasteiger partial charge in [0.15, 0.2) is 0 Å². The molecule has 0 aliphatic heterocycles. The van der Waals surface area contributed by atoms with Crippen LogP contribution in [0.1, 0.15) is 6.92 Å². The fourth-order valence-corrected chi connectivity index (χ4v) is 2.67. The van der Waals surface area contributed by atoms with Crippen molar-refractivity contribution in [2.24, 2.45) is 0 Å². The number of rotatable bonds is 18. The van der Waals surface area contributed by atoms with Crippen molar-refractivity contribution in [2.75, 3.05) is 86.7 Å². The Kier molecular flexibility index (Phi) is 25.0. The van der Waals surface area contributed by atoms with Gasteiger partial charge in [-0.15, -0.1) is 0 Å². The third kappa shape index (κ3) is 22.4. The summed E-state index contributed by atoms with van der Waals surface area (Å²) in [4.78, 5) is 61.0. The normalized spacial score (nSPS) is 10.3. The fourth-order valence-electron chi connectivity index (χ4n) is 2.67. The molecule has 13 nitrogen and oxygen atoms in total. The molecule has 0 bridgehead atoms. The molecule has 0 atom stereocenters. The van der Waals surface area contributed by atoms with Crippen LogP contribution in [0.3, 0.4) is 0 Å². The van der Waals surface area contributed by atoms with Gasteiger partial charge in [-0.25, -0.2) is 0 Å². The summed E-state index contributed by atoms with van der Waals surface area (Å²) < 4.78 is 4.65. The Balaban J connectivity index is -0.00000291. The van der Waals surface area contributed by atoms with Crippen molar-refractivity contribution in [3.63, 3.8) is 0 Å². The van der Waals surface area contributed by atoms with Crippen LogP contribution in [0.15, 0.2) is 0 Å². The molecule has 0 aliphatic rings. The first kappa shape index (κ1) is 36.4. The predicted molar refractivity (Wildman–Crippen MR) is 111 cm³/mol. The summed E-state index contributed by atoms with van der Waals surface area (Å²) in [5.74, 6) is -3.72. The van der Waals surface area contributed by atoms with Crippen molar-refractivity contribution < 1.29 is 78.9 Å². The van der Waals surface area contributed by atoms with Gasteiger partial charge in [0.05, 0.1) is 38.7 Å². The second-order valence-electron chi connectivity index (χ2n) is 6.73. The van der Waals surface area contributed by atoms with Gasteiger partial charge in [-0.05, 0) is 6.92 Å². The number of esters is 1. The van der Waals surface area contributed by atoms with E-state index in [1.54, 1.807) is 4.90 Å². The third-order valence-corrected chi connectivity index (χ3v) is 3.93. The number of nitrogens with zero attached hydrogens (tertiary/aromatic N) is 4. The molecular formula is C19H33GdN5O8-4. The average Bonchev–Trinajstić information content (AvgIpc) is 2.69. The zero-order chi connectivity index (χ0) is 25.1. The third-order valence-electron chi connectivity index (χ3n) is 3.93. The van der Waals surface area contributed by atoms with E-state index in [-0.39, 0.29) is 104 Å². The number of aliphatic carboxylic acids is 2. The summed E-state index contributed by atoms with van der Waals surface area (Å²) >= 11 is 0. The molecule has 0 saturated heterocycles. The predicted octanol–water partition coefficient (Wildman–Crippen LogP) is -3.60. The number of hydrogen-bond acceptors (Lipinski definition) is 11. The van der Waals surface area contributed by atoms with Crippen LogP contribution in [0.25, 0.3) is 11.1 Å². The first-order chi connectivity index (χ1) is 15.1. The molecular weight excluding hydrogens is 583 g/mol. The standard InChI is InChI=1S/C18H31N4O8.CH4N.Gd/c1-14(23)9-21(11-16(25)26)6-4-20(13-18(29)30-3)5-7-22(12-17(27)28)10-15(24)8-19-2;1-2;/h4-13H2,1-3H3,(H,25,26)(H,27,28);2H,1H3;/q2*-1;/p-2. The minimum Gasteiger partial charge on any atom is -0.680 e. The molecule has 0 aromatic rings. The number of carbonyl (C=O) groups excluding carboxylic acids is 5. The summed E-state index contributed by atoms with van der Waals surface area (Å²) in [6.45, 7) is 0.680. The SMILES string of the molecule is C[N-]CC(=O)CN(CCN(CCN(CC(C)=O)CC(=O)[O-])CC(=O)OC)CC(=O)[O-].C[NH-].[Gd]. The van der Waals surface area contributed by atoms with Crippen molar-refractivity contribution in [1.82, 2.24) is 14.7 Å². The number of ether oxygens (including phenoxy) is 1. The van der Waals surface area contributed by atoms with Crippen LogP contribution < -0.4 is 10.2 Å². The Morgan fingerprint density at radius 1 is 0.788 bits per heavy atom. The largest absolute Gasteiger partial charge is 0.680 e. The summed E-state index contributed by atoms with van der Waals surface area (Å²) in [7, 11) is 3.94. The number of Topliss-reactive ketones (excluding diaryl/α,β-unsaturated/α-hetero) is 2. The van der Waals surface area contributed by atoms with Crippen LogP contribution in [0.4, 0.5) is 0 Å². The number of nitrogens with one attached hydrogen (secondary N) is 1. The molecule has 0 rings (SSSR count). The molecule has 0 amide bonds. The van der Waals surface area contributed by atoms with E-state index in [0.29, 0.717) is 0 Å². The van der Waals surface area contributed by atoms with E-state index < -0.39 is 31.0 Å². The van der Waals surface area contributed by atoms with E-state index in [9.17, 15) is 34.2 Å². The number of carboxylic acid groups (broad SMARTS) is 2. The van der Waals surface area contributed by atoms with Crippen molar-refractivity contribution >= 4 is 29.5 Å². The molecule has 33 heavy (non-hydrogen) atoms. The van der Waals surface area contributed by atoms with Gasteiger partial charge in [-0.3, -0.25) is 24.3 Å². The van der Waals surface area contributed by atoms with Crippen molar-refractivity contribution in [3.8, 4) is 0 Å². The van der Waals surface area contributed by atoms with E-state index in [4.69, 9.17) is 5.73 Å². The Morgan fingerprint density at radius 2 is 1.21 bits per heavy atom. The van der Waals surface area contributed by atoms with Gasteiger partial charge in [-0.2, -0.15) is 14.1 Å². The molecule has 1 N–H and O–H groups in total. The van der Waals surface area contributed by atoms with Crippen molar-refractivity contribution in [2.45, 2.75) is 6.92 Å². The molecule has 0 aromatic heterocycles. The Labute approximate surface area is 226 Å². The molecule has 0 unspecified atom stereocenters. The molecule has 0 heterocycles. The quantitative estimate of drug-likeness (QED) is 0.138. The zero-order valence-corrected chi connectivity index (χ0v) is 21.7. The fraction of sp³-hybridized carbons (Fsp3) is 0.737. The maximum atomic E-state index is 11.8. The maximum Gasteiger partial charge on any atom is 0.319 e. The van der Waals surface area contributed by atoms with E-state index in [1.807, 2.05) is 0 Å². The summed E-state index contributed by atoms with van der Waals surface area (Å²) in [5, 5.41) is 25.5. The summed E-state index contributed by atoms with van der Waals surface area (Å²) in [5.41, 5.74) is 5.75. The average molecular weight is 617 g/mol. The zero-order valence-electron chi connectivity index (χ0n) is 19.5. The molecule has 0 aliphatic carbocycles. The molecule has 0 saturated carbocycles. The second kappa shape index (κ2) is 22.7. The van der Waals surface area contributed by atoms with Crippen molar-refractivity contribution in [3.05, 3.63) is 11.1 Å². The molecule has 194 valence electrons. The van der Waals surface area contributed by atoms with Gasteiger partial charge in [0.2, 0.25) is 0 Å². The van der Waals surface area contributed by atoms with Crippen LogP contribution in [-0.2, 0) is 28.7 Å².